The molecule has 1 atom stereocenters. The molecule has 1 amide bonds. The van der Waals surface area contributed by atoms with E-state index in [1.165, 1.54) is 0 Å². The van der Waals surface area contributed by atoms with Gasteiger partial charge in [0.1, 0.15) is 5.76 Å². The molecule has 176 valence electrons. The van der Waals surface area contributed by atoms with Crippen molar-refractivity contribution in [3.05, 3.63) is 24.0 Å². The van der Waals surface area contributed by atoms with Crippen molar-refractivity contribution >= 4 is 34.1 Å². The van der Waals surface area contributed by atoms with Crippen LogP contribution in [0, 0.1) is 5.92 Å². The molecule has 0 radical (unpaired) electrons. The van der Waals surface area contributed by atoms with Crippen LogP contribution in [0.15, 0.2) is 21.0 Å². The zero-order valence-corrected chi connectivity index (χ0v) is 20.9. The molecule has 7 nitrogen and oxygen atoms in total. The smallest absolute Gasteiger partial charge is 0.225 e. The Kier molecular flexibility index (Phi) is 7.47. The van der Waals surface area contributed by atoms with Gasteiger partial charge in [-0.2, -0.15) is 0 Å². The quantitative estimate of drug-likeness (QED) is 0.585. The number of anilines is 1. The normalized spacial score (nSPS) is 24.5. The Labute approximate surface area is 198 Å². The SMILES string of the molecule is CC(C)(C)c1cnc(CSc2cnc(N[C@@H]3CCCN(C(=O)C4CCC(N)CC4)C3)s2)o1. The molecule has 9 heteroatoms. The second-order valence-corrected chi connectivity index (χ2v) is 12.3. The van der Waals surface area contributed by atoms with Gasteiger partial charge in [-0.05, 0) is 38.5 Å². The van der Waals surface area contributed by atoms with Gasteiger partial charge >= 0.3 is 0 Å². The molecule has 0 unspecified atom stereocenters. The van der Waals surface area contributed by atoms with E-state index in [4.69, 9.17) is 10.2 Å². The molecule has 1 saturated heterocycles. The molecule has 32 heavy (non-hydrogen) atoms. The first-order valence-electron chi connectivity index (χ1n) is 11.6. The van der Waals surface area contributed by atoms with E-state index in [0.29, 0.717) is 11.7 Å². The van der Waals surface area contributed by atoms with Crippen molar-refractivity contribution in [1.29, 1.82) is 0 Å². The molecule has 2 aliphatic rings. The molecule has 2 fully saturated rings. The summed E-state index contributed by atoms with van der Waals surface area (Å²) in [6.45, 7) is 7.99. The standard InChI is InChI=1S/C23H35N5O2S2/c1-23(2,3)18-11-25-19(30-18)14-31-20-12-26-22(32-20)27-17-5-4-10-28(13-17)21(29)15-6-8-16(24)9-7-15/h11-12,15-17H,4-10,13-14,24H2,1-3H3,(H,26,27)/t15?,16?,17-/m1/s1. The Hall–Kier alpha value is -1.58. The molecule has 0 bridgehead atoms. The molecule has 2 aromatic rings. The zero-order chi connectivity index (χ0) is 22.7. The fourth-order valence-corrected chi connectivity index (χ4v) is 6.15. The van der Waals surface area contributed by atoms with E-state index in [9.17, 15) is 4.79 Å². The van der Waals surface area contributed by atoms with Crippen LogP contribution in [0.3, 0.4) is 0 Å². The van der Waals surface area contributed by atoms with Gasteiger partial charge < -0.3 is 20.4 Å². The molecule has 1 saturated carbocycles. The summed E-state index contributed by atoms with van der Waals surface area (Å²) >= 11 is 3.34. The summed E-state index contributed by atoms with van der Waals surface area (Å²) in [4.78, 5) is 24.0. The van der Waals surface area contributed by atoms with E-state index >= 15 is 0 Å². The molecular weight excluding hydrogens is 442 g/mol. The number of carbonyl (C=O) groups excluding carboxylic acids is 1. The largest absolute Gasteiger partial charge is 0.444 e. The highest BCUT2D eigenvalue weighted by Gasteiger charge is 2.31. The summed E-state index contributed by atoms with van der Waals surface area (Å²) in [6.07, 6.45) is 9.63. The van der Waals surface area contributed by atoms with Crippen LogP contribution in [-0.4, -0.2) is 45.9 Å². The van der Waals surface area contributed by atoms with Crippen LogP contribution in [0.5, 0.6) is 0 Å². The fourth-order valence-electron chi connectivity index (χ4n) is 4.34. The van der Waals surface area contributed by atoms with Crippen molar-refractivity contribution in [2.24, 2.45) is 11.7 Å². The summed E-state index contributed by atoms with van der Waals surface area (Å²) in [5.41, 5.74) is 5.98. The second-order valence-electron chi connectivity index (χ2n) is 10.0. The van der Waals surface area contributed by atoms with Crippen molar-refractivity contribution < 1.29 is 9.21 Å². The Morgan fingerprint density at radius 2 is 2.03 bits per heavy atom. The Morgan fingerprint density at radius 3 is 2.75 bits per heavy atom. The fraction of sp³-hybridized carbons (Fsp3) is 0.696. The lowest BCUT2D eigenvalue weighted by Crippen LogP contribution is -2.48. The molecule has 0 spiro atoms. The summed E-state index contributed by atoms with van der Waals surface area (Å²) in [5.74, 6) is 2.82. The second kappa shape index (κ2) is 10.1. The third kappa shape index (κ3) is 6.05. The molecular formula is C23H35N5O2S2. The predicted molar refractivity (Wildman–Crippen MR) is 130 cm³/mol. The summed E-state index contributed by atoms with van der Waals surface area (Å²) in [7, 11) is 0. The van der Waals surface area contributed by atoms with Gasteiger partial charge in [0.15, 0.2) is 5.13 Å². The predicted octanol–water partition coefficient (Wildman–Crippen LogP) is 4.64. The van der Waals surface area contributed by atoms with Crippen LogP contribution >= 0.6 is 23.1 Å². The van der Waals surface area contributed by atoms with Crippen LogP contribution in [0.4, 0.5) is 5.13 Å². The van der Waals surface area contributed by atoms with Crippen molar-refractivity contribution in [2.75, 3.05) is 18.4 Å². The molecule has 0 aromatic carbocycles. The number of oxazole rings is 1. The van der Waals surface area contributed by atoms with Crippen LogP contribution < -0.4 is 11.1 Å². The average molecular weight is 478 g/mol. The molecule has 4 rings (SSSR count). The first kappa shape index (κ1) is 23.6. The average Bonchev–Trinajstić information content (AvgIpc) is 3.42. The van der Waals surface area contributed by atoms with Gasteiger partial charge in [-0.15, -0.1) is 11.8 Å². The van der Waals surface area contributed by atoms with E-state index in [1.54, 1.807) is 23.1 Å². The highest BCUT2D eigenvalue weighted by atomic mass is 32.2. The number of hydrogen-bond acceptors (Lipinski definition) is 8. The van der Waals surface area contributed by atoms with E-state index in [0.717, 1.165) is 72.6 Å². The molecule has 1 aliphatic heterocycles. The van der Waals surface area contributed by atoms with Gasteiger partial charge in [-0.3, -0.25) is 4.79 Å². The lowest BCUT2D eigenvalue weighted by atomic mass is 9.85. The number of thiazole rings is 1. The van der Waals surface area contributed by atoms with E-state index in [2.05, 4.69) is 41.0 Å². The van der Waals surface area contributed by atoms with Crippen molar-refractivity contribution in [3.8, 4) is 0 Å². The van der Waals surface area contributed by atoms with Crippen molar-refractivity contribution in [2.45, 2.75) is 86.8 Å². The van der Waals surface area contributed by atoms with E-state index < -0.39 is 0 Å². The number of nitrogens with one attached hydrogen (secondary N) is 1. The third-order valence-corrected chi connectivity index (χ3v) is 8.40. The van der Waals surface area contributed by atoms with Gasteiger partial charge in [-0.25, -0.2) is 9.97 Å². The number of amides is 1. The minimum atomic E-state index is -0.0312. The summed E-state index contributed by atoms with van der Waals surface area (Å²) in [6, 6.07) is 0.527. The minimum Gasteiger partial charge on any atom is -0.444 e. The zero-order valence-electron chi connectivity index (χ0n) is 19.3. The molecule has 3 N–H and O–H groups in total. The summed E-state index contributed by atoms with van der Waals surface area (Å²) < 4.78 is 7.01. The number of carbonyl (C=O) groups is 1. The number of aromatic nitrogens is 2. The summed E-state index contributed by atoms with van der Waals surface area (Å²) in [5, 5.41) is 4.47. The maximum Gasteiger partial charge on any atom is 0.225 e. The molecule has 3 heterocycles. The van der Waals surface area contributed by atoms with Crippen LogP contribution in [0.2, 0.25) is 0 Å². The topological polar surface area (TPSA) is 97.3 Å². The third-order valence-electron chi connectivity index (χ3n) is 6.30. The lowest BCUT2D eigenvalue weighted by Gasteiger charge is -2.36. The Bertz CT molecular complexity index is 898. The van der Waals surface area contributed by atoms with Gasteiger partial charge in [-0.1, -0.05) is 32.1 Å². The Balaban J connectivity index is 1.26. The highest BCUT2D eigenvalue weighted by Crippen LogP contribution is 2.33. The van der Waals surface area contributed by atoms with Crippen LogP contribution in [0.1, 0.15) is 70.9 Å². The number of likely N-dealkylation sites (tertiary alicyclic amines) is 1. The van der Waals surface area contributed by atoms with Gasteiger partial charge in [0.25, 0.3) is 0 Å². The number of nitrogens with two attached hydrogens (primary N) is 1. The van der Waals surface area contributed by atoms with Crippen LogP contribution in [0.25, 0.3) is 0 Å². The number of thioether (sulfide) groups is 1. The monoisotopic (exact) mass is 477 g/mol. The number of piperidine rings is 1. The molecule has 2 aromatic heterocycles. The van der Waals surface area contributed by atoms with Crippen molar-refractivity contribution in [1.82, 2.24) is 14.9 Å². The van der Waals surface area contributed by atoms with Gasteiger partial charge in [0.2, 0.25) is 11.8 Å². The van der Waals surface area contributed by atoms with Gasteiger partial charge in [0, 0.05) is 36.5 Å². The molecule has 1 aliphatic carbocycles. The van der Waals surface area contributed by atoms with Crippen LogP contribution in [-0.2, 0) is 16.0 Å². The first-order valence-corrected chi connectivity index (χ1v) is 13.4. The number of rotatable bonds is 6. The van der Waals surface area contributed by atoms with E-state index in [-0.39, 0.29) is 23.4 Å². The van der Waals surface area contributed by atoms with E-state index in [1.807, 2.05) is 12.4 Å². The van der Waals surface area contributed by atoms with Crippen molar-refractivity contribution in [3.63, 3.8) is 0 Å². The first-order chi connectivity index (χ1) is 15.3. The Morgan fingerprint density at radius 1 is 1.25 bits per heavy atom. The maximum absolute atomic E-state index is 13.0. The van der Waals surface area contributed by atoms with Gasteiger partial charge in [0.05, 0.1) is 22.4 Å². The maximum atomic E-state index is 13.0. The number of hydrogen-bond donors (Lipinski definition) is 2. The number of nitrogens with zero attached hydrogens (tertiary/aromatic N) is 3. The highest BCUT2D eigenvalue weighted by molar-refractivity contribution is 8.00. The minimum absolute atomic E-state index is 0.0312. The lowest BCUT2D eigenvalue weighted by molar-refractivity contribution is -0.137.